The number of primary amides is 1. The predicted molar refractivity (Wildman–Crippen MR) is 93.9 cm³/mol. The van der Waals surface area contributed by atoms with Crippen LogP contribution in [0.1, 0.15) is 18.1 Å². The van der Waals surface area contributed by atoms with Crippen molar-refractivity contribution in [2.24, 2.45) is 5.73 Å². The number of carbonyl (C=O) groups is 2. The number of carbonyl (C=O) groups excluding carboxylic acids is 2. The maximum Gasteiger partial charge on any atom is 0.249 e. The highest BCUT2D eigenvalue weighted by molar-refractivity contribution is 6.24. The van der Waals surface area contributed by atoms with E-state index < -0.39 is 5.91 Å². The lowest BCUT2D eigenvalue weighted by Crippen LogP contribution is -2.12. The van der Waals surface area contributed by atoms with Gasteiger partial charge < -0.3 is 16.0 Å². The third-order valence-electron chi connectivity index (χ3n) is 3.52. The fourth-order valence-corrected chi connectivity index (χ4v) is 2.47. The van der Waals surface area contributed by atoms with Crippen molar-refractivity contribution < 1.29 is 9.59 Å². The standard InChI is InChI=1S/C18H16N4O2/c1-11(23)21-16-8-7-14-13(10-20-18(14)22-16)9-15(17(19)24)12-5-3-2-4-6-12/h2-10H,1H3,(H2,19,24)(H2,20,21,22,23)/b15-9+. The number of fused-ring (bicyclic) bond motifs is 1. The Hall–Kier alpha value is -3.41. The van der Waals surface area contributed by atoms with Crippen LogP contribution in [0.2, 0.25) is 0 Å². The first-order chi connectivity index (χ1) is 11.5. The van der Waals surface area contributed by atoms with Crippen LogP contribution in [0.5, 0.6) is 0 Å². The van der Waals surface area contributed by atoms with Gasteiger partial charge in [0.05, 0.1) is 0 Å². The molecule has 0 spiro atoms. The third kappa shape index (κ3) is 3.17. The summed E-state index contributed by atoms with van der Waals surface area (Å²) in [7, 11) is 0. The number of H-pyrrole nitrogens is 1. The molecule has 4 N–H and O–H groups in total. The first-order valence-corrected chi connectivity index (χ1v) is 7.37. The zero-order valence-electron chi connectivity index (χ0n) is 13.0. The SMILES string of the molecule is CC(=O)Nc1ccc2c(/C=C(/C(N)=O)c3ccccc3)c[nH]c2n1. The van der Waals surface area contributed by atoms with Gasteiger partial charge in [-0.25, -0.2) is 4.98 Å². The van der Waals surface area contributed by atoms with E-state index in [1.165, 1.54) is 6.92 Å². The molecule has 0 saturated heterocycles. The fraction of sp³-hybridized carbons (Fsp3) is 0.0556. The van der Waals surface area contributed by atoms with Crippen LogP contribution in [0, 0.1) is 0 Å². The monoisotopic (exact) mass is 320 g/mol. The second kappa shape index (κ2) is 6.37. The van der Waals surface area contributed by atoms with Crippen molar-refractivity contribution in [2.75, 3.05) is 5.32 Å². The van der Waals surface area contributed by atoms with Crippen molar-refractivity contribution in [2.45, 2.75) is 6.92 Å². The Balaban J connectivity index is 2.05. The molecular formula is C18H16N4O2. The lowest BCUT2D eigenvalue weighted by molar-refractivity contribution is -0.114. The lowest BCUT2D eigenvalue weighted by Gasteiger charge is -2.04. The molecule has 0 unspecified atom stereocenters. The highest BCUT2D eigenvalue weighted by Gasteiger charge is 2.11. The second-order valence-electron chi connectivity index (χ2n) is 5.31. The van der Waals surface area contributed by atoms with Gasteiger partial charge in [0, 0.05) is 29.6 Å². The molecule has 0 aliphatic rings. The molecule has 2 heterocycles. The number of nitrogens with two attached hydrogens (primary N) is 1. The van der Waals surface area contributed by atoms with Gasteiger partial charge in [0.25, 0.3) is 0 Å². The third-order valence-corrected chi connectivity index (χ3v) is 3.52. The number of amides is 2. The summed E-state index contributed by atoms with van der Waals surface area (Å²) in [6.45, 7) is 1.42. The van der Waals surface area contributed by atoms with E-state index in [0.717, 1.165) is 16.5 Å². The van der Waals surface area contributed by atoms with Crippen LogP contribution in [-0.2, 0) is 9.59 Å². The van der Waals surface area contributed by atoms with Gasteiger partial charge in [-0.2, -0.15) is 0 Å². The van der Waals surface area contributed by atoms with E-state index in [4.69, 9.17) is 5.73 Å². The molecule has 2 amide bonds. The molecule has 0 fully saturated rings. The summed E-state index contributed by atoms with van der Waals surface area (Å²) < 4.78 is 0. The van der Waals surface area contributed by atoms with Crippen LogP contribution in [0.4, 0.5) is 5.82 Å². The number of aromatic amines is 1. The van der Waals surface area contributed by atoms with E-state index >= 15 is 0 Å². The minimum Gasteiger partial charge on any atom is -0.366 e. The molecule has 0 aliphatic carbocycles. The topological polar surface area (TPSA) is 101 Å². The minimum absolute atomic E-state index is 0.186. The van der Waals surface area contributed by atoms with Gasteiger partial charge in [0.15, 0.2) is 0 Å². The Labute approximate surface area is 138 Å². The number of hydrogen-bond acceptors (Lipinski definition) is 3. The van der Waals surface area contributed by atoms with Gasteiger partial charge in [-0.05, 0) is 23.8 Å². The largest absolute Gasteiger partial charge is 0.366 e. The van der Waals surface area contributed by atoms with E-state index in [2.05, 4.69) is 15.3 Å². The van der Waals surface area contributed by atoms with Crippen LogP contribution < -0.4 is 11.1 Å². The number of pyridine rings is 1. The zero-order valence-corrected chi connectivity index (χ0v) is 13.0. The Kier molecular flexibility index (Phi) is 4.11. The number of nitrogens with one attached hydrogen (secondary N) is 2. The number of anilines is 1. The normalized spacial score (nSPS) is 11.5. The van der Waals surface area contributed by atoms with Crippen molar-refractivity contribution in [1.82, 2.24) is 9.97 Å². The Morgan fingerprint density at radius 2 is 1.92 bits per heavy atom. The van der Waals surface area contributed by atoms with Crippen LogP contribution >= 0.6 is 0 Å². The van der Waals surface area contributed by atoms with Gasteiger partial charge >= 0.3 is 0 Å². The maximum absolute atomic E-state index is 11.8. The summed E-state index contributed by atoms with van der Waals surface area (Å²) in [6.07, 6.45) is 3.48. The molecule has 3 rings (SSSR count). The van der Waals surface area contributed by atoms with Gasteiger partial charge in [0.2, 0.25) is 11.8 Å². The first kappa shape index (κ1) is 15.5. The molecule has 0 saturated carbocycles. The highest BCUT2D eigenvalue weighted by atomic mass is 16.1. The molecule has 24 heavy (non-hydrogen) atoms. The molecule has 3 aromatic rings. The molecule has 0 radical (unpaired) electrons. The summed E-state index contributed by atoms with van der Waals surface area (Å²) in [5, 5.41) is 3.46. The van der Waals surface area contributed by atoms with Gasteiger partial charge in [0.1, 0.15) is 11.5 Å². The maximum atomic E-state index is 11.8. The van der Waals surface area contributed by atoms with Crippen LogP contribution in [0.15, 0.2) is 48.7 Å². The van der Waals surface area contributed by atoms with Gasteiger partial charge in [-0.15, -0.1) is 0 Å². The van der Waals surface area contributed by atoms with E-state index in [1.807, 2.05) is 36.4 Å². The quantitative estimate of drug-likeness (QED) is 0.644. The summed E-state index contributed by atoms with van der Waals surface area (Å²) in [4.78, 5) is 30.3. The molecular weight excluding hydrogens is 304 g/mol. The number of nitrogens with zero attached hydrogens (tertiary/aromatic N) is 1. The Bertz CT molecular complexity index is 942. The van der Waals surface area contributed by atoms with E-state index in [-0.39, 0.29) is 5.91 Å². The zero-order chi connectivity index (χ0) is 17.1. The van der Waals surface area contributed by atoms with E-state index in [1.54, 1.807) is 18.3 Å². The van der Waals surface area contributed by atoms with Crippen molar-refractivity contribution in [3.8, 4) is 0 Å². The summed E-state index contributed by atoms with van der Waals surface area (Å²) in [5.74, 6) is -0.224. The van der Waals surface area contributed by atoms with Crippen molar-refractivity contribution in [3.05, 3.63) is 59.8 Å². The van der Waals surface area contributed by atoms with Crippen molar-refractivity contribution >= 4 is 40.3 Å². The molecule has 120 valence electrons. The number of benzene rings is 1. The fourth-order valence-electron chi connectivity index (χ4n) is 2.47. The molecule has 6 nitrogen and oxygen atoms in total. The van der Waals surface area contributed by atoms with E-state index in [9.17, 15) is 9.59 Å². The van der Waals surface area contributed by atoms with Crippen LogP contribution in [0.25, 0.3) is 22.7 Å². The van der Waals surface area contributed by atoms with Crippen LogP contribution in [-0.4, -0.2) is 21.8 Å². The summed E-state index contributed by atoms with van der Waals surface area (Å²) in [6, 6.07) is 12.8. The minimum atomic E-state index is -0.502. The Morgan fingerprint density at radius 3 is 2.58 bits per heavy atom. The molecule has 6 heteroatoms. The number of rotatable bonds is 4. The number of aromatic nitrogens is 2. The molecule has 2 aromatic heterocycles. The van der Waals surface area contributed by atoms with Gasteiger partial charge in [-0.1, -0.05) is 30.3 Å². The summed E-state index contributed by atoms with van der Waals surface area (Å²) in [5.41, 5.74) is 8.11. The summed E-state index contributed by atoms with van der Waals surface area (Å²) >= 11 is 0. The Morgan fingerprint density at radius 1 is 1.17 bits per heavy atom. The molecule has 1 aromatic carbocycles. The lowest BCUT2D eigenvalue weighted by atomic mass is 10.0. The van der Waals surface area contributed by atoms with Crippen LogP contribution in [0.3, 0.4) is 0 Å². The molecule has 0 bridgehead atoms. The first-order valence-electron chi connectivity index (χ1n) is 7.37. The number of hydrogen-bond donors (Lipinski definition) is 3. The average molecular weight is 320 g/mol. The predicted octanol–water partition coefficient (Wildman–Crippen LogP) is 2.55. The van der Waals surface area contributed by atoms with Crippen molar-refractivity contribution in [3.63, 3.8) is 0 Å². The highest BCUT2D eigenvalue weighted by Crippen LogP contribution is 2.24. The van der Waals surface area contributed by atoms with Gasteiger partial charge in [-0.3, -0.25) is 9.59 Å². The smallest absolute Gasteiger partial charge is 0.249 e. The average Bonchev–Trinajstić information content (AvgIpc) is 2.94. The van der Waals surface area contributed by atoms with E-state index in [0.29, 0.717) is 17.0 Å². The van der Waals surface area contributed by atoms with Crippen molar-refractivity contribution in [1.29, 1.82) is 0 Å². The second-order valence-corrected chi connectivity index (χ2v) is 5.31. The molecule has 0 atom stereocenters. The molecule has 0 aliphatic heterocycles.